The van der Waals surface area contributed by atoms with Gasteiger partial charge in [0.05, 0.1) is 11.6 Å². The van der Waals surface area contributed by atoms with Gasteiger partial charge in [0.1, 0.15) is 18.1 Å². The van der Waals surface area contributed by atoms with Crippen molar-refractivity contribution in [3.63, 3.8) is 0 Å². The predicted octanol–water partition coefficient (Wildman–Crippen LogP) is 3.42. The Morgan fingerprint density at radius 2 is 1.68 bits per heavy atom. The minimum Gasteiger partial charge on any atom is -0.492 e. The molecule has 7 nitrogen and oxygen atoms in total. The second-order valence-corrected chi connectivity index (χ2v) is 7.58. The van der Waals surface area contributed by atoms with Crippen LogP contribution >= 0.6 is 11.3 Å². The molecule has 2 aromatic carbocycles. The Bertz CT molecular complexity index is 915. The van der Waals surface area contributed by atoms with Gasteiger partial charge in [-0.1, -0.05) is 48.5 Å². The van der Waals surface area contributed by atoms with Gasteiger partial charge in [-0.2, -0.15) is 0 Å². The third kappa shape index (κ3) is 6.37. The highest BCUT2D eigenvalue weighted by atomic mass is 32.1. The third-order valence-electron chi connectivity index (χ3n) is 5.03. The fourth-order valence-electron chi connectivity index (χ4n) is 3.50. The first-order chi connectivity index (χ1) is 15.2. The number of amides is 1. The van der Waals surface area contributed by atoms with Crippen molar-refractivity contribution in [1.82, 2.24) is 14.8 Å². The van der Waals surface area contributed by atoms with Gasteiger partial charge in [0.2, 0.25) is 0 Å². The topological polar surface area (TPSA) is 83.0 Å². The number of carbonyl (C=O) groups excluding carboxylic acids is 1. The van der Waals surface area contributed by atoms with Crippen LogP contribution in [0.4, 0.5) is 0 Å². The normalized spacial score (nSPS) is 14.8. The van der Waals surface area contributed by atoms with Crippen molar-refractivity contribution >= 4 is 23.7 Å². The Labute approximate surface area is 185 Å². The number of nitrogens with zero attached hydrogens (tertiary/aromatic N) is 3. The number of hydrogen-bond donors (Lipinski definition) is 1. The summed E-state index contributed by atoms with van der Waals surface area (Å²) in [5.74, 6) is 0.901. The van der Waals surface area contributed by atoms with E-state index in [1.165, 1.54) is 16.9 Å². The molecule has 1 amide bonds. The number of carbonyl (C=O) groups is 2. The van der Waals surface area contributed by atoms with E-state index in [9.17, 15) is 4.79 Å². The quantitative estimate of drug-likeness (QED) is 0.593. The van der Waals surface area contributed by atoms with Gasteiger partial charge in [0.15, 0.2) is 0 Å². The van der Waals surface area contributed by atoms with E-state index in [0.29, 0.717) is 25.4 Å². The van der Waals surface area contributed by atoms with Gasteiger partial charge in [0.25, 0.3) is 12.4 Å². The summed E-state index contributed by atoms with van der Waals surface area (Å²) in [6, 6.07) is 20.5. The van der Waals surface area contributed by atoms with Gasteiger partial charge in [0, 0.05) is 31.6 Å². The summed E-state index contributed by atoms with van der Waals surface area (Å²) in [5.41, 5.74) is 3.48. The zero-order chi connectivity index (χ0) is 21.9. The molecule has 2 heterocycles. The van der Waals surface area contributed by atoms with Crippen LogP contribution in [0, 0.1) is 0 Å². The number of para-hydroxylation sites is 1. The first-order valence-corrected chi connectivity index (χ1v) is 10.9. The van der Waals surface area contributed by atoms with E-state index in [4.69, 9.17) is 14.6 Å². The third-order valence-corrected chi connectivity index (χ3v) is 5.62. The highest BCUT2D eigenvalue weighted by molar-refractivity contribution is 7.07. The van der Waals surface area contributed by atoms with Crippen LogP contribution in [0.3, 0.4) is 0 Å². The van der Waals surface area contributed by atoms with Crippen molar-refractivity contribution in [2.24, 2.45) is 0 Å². The Kier molecular flexibility index (Phi) is 8.57. The molecule has 162 valence electrons. The van der Waals surface area contributed by atoms with Crippen LogP contribution in [-0.2, 0) is 4.79 Å². The molecule has 1 unspecified atom stereocenters. The number of ether oxygens (including phenoxy) is 1. The monoisotopic (exact) mass is 439 g/mol. The highest BCUT2D eigenvalue weighted by Crippen LogP contribution is 2.24. The van der Waals surface area contributed by atoms with Crippen LogP contribution in [0.1, 0.15) is 22.1 Å². The fourth-order valence-corrected chi connectivity index (χ4v) is 4.02. The summed E-state index contributed by atoms with van der Waals surface area (Å²) >= 11 is 1.45. The molecule has 1 aliphatic heterocycles. The van der Waals surface area contributed by atoms with Gasteiger partial charge in [-0.05, 0) is 17.7 Å². The van der Waals surface area contributed by atoms with E-state index in [2.05, 4.69) is 34.1 Å². The maximum Gasteiger partial charge on any atom is 0.290 e. The van der Waals surface area contributed by atoms with Crippen molar-refractivity contribution in [3.05, 3.63) is 82.8 Å². The average Bonchev–Trinajstić information content (AvgIpc) is 3.36. The van der Waals surface area contributed by atoms with E-state index in [-0.39, 0.29) is 18.4 Å². The first-order valence-electron chi connectivity index (χ1n) is 9.95. The minimum absolute atomic E-state index is 0.0256. The van der Waals surface area contributed by atoms with Gasteiger partial charge in [-0.3, -0.25) is 14.5 Å². The first kappa shape index (κ1) is 22.5. The lowest BCUT2D eigenvalue weighted by Crippen LogP contribution is -2.50. The van der Waals surface area contributed by atoms with Gasteiger partial charge in [-0.25, -0.2) is 4.98 Å². The zero-order valence-electron chi connectivity index (χ0n) is 17.0. The molecular formula is C23H25N3O4S. The molecule has 0 radical (unpaired) electrons. The molecule has 3 aromatic rings. The lowest BCUT2D eigenvalue weighted by Gasteiger charge is -2.39. The van der Waals surface area contributed by atoms with Crippen molar-refractivity contribution in [2.75, 3.05) is 32.8 Å². The van der Waals surface area contributed by atoms with E-state index in [0.717, 1.165) is 18.8 Å². The molecule has 4 rings (SSSR count). The van der Waals surface area contributed by atoms with Crippen molar-refractivity contribution in [1.29, 1.82) is 0 Å². The van der Waals surface area contributed by atoms with Crippen LogP contribution in [0.2, 0.25) is 0 Å². The number of benzene rings is 2. The van der Waals surface area contributed by atoms with Gasteiger partial charge in [-0.15, -0.1) is 11.3 Å². The second kappa shape index (κ2) is 11.8. The van der Waals surface area contributed by atoms with E-state index in [1.807, 2.05) is 46.7 Å². The lowest BCUT2D eigenvalue weighted by molar-refractivity contribution is -0.122. The summed E-state index contributed by atoms with van der Waals surface area (Å²) in [6.45, 7) is 3.35. The Morgan fingerprint density at radius 1 is 1.06 bits per heavy atom. The maximum atomic E-state index is 12.5. The zero-order valence-corrected chi connectivity index (χ0v) is 17.9. The molecule has 0 aliphatic carbocycles. The number of thiazole rings is 1. The summed E-state index contributed by atoms with van der Waals surface area (Å²) in [6.07, 6.45) is 0. The number of piperazine rings is 1. The molecule has 1 fully saturated rings. The van der Waals surface area contributed by atoms with Gasteiger partial charge >= 0.3 is 0 Å². The van der Waals surface area contributed by atoms with Crippen LogP contribution in [0.15, 0.2) is 71.6 Å². The van der Waals surface area contributed by atoms with E-state index < -0.39 is 0 Å². The van der Waals surface area contributed by atoms with Crippen LogP contribution in [0.5, 0.6) is 5.75 Å². The Balaban J connectivity index is 0.000000858. The maximum absolute atomic E-state index is 12.5. The smallest absolute Gasteiger partial charge is 0.290 e. The molecule has 0 saturated carbocycles. The SMILES string of the molecule is O=C(c1cscn1)N1CCN(C(COc2ccccc2)c2ccccc2)CC1.O=CO. The van der Waals surface area contributed by atoms with Crippen LogP contribution < -0.4 is 4.74 Å². The Morgan fingerprint density at radius 3 is 2.26 bits per heavy atom. The molecule has 1 aromatic heterocycles. The molecular weight excluding hydrogens is 414 g/mol. The van der Waals surface area contributed by atoms with Crippen LogP contribution in [-0.4, -0.2) is 65.1 Å². The molecule has 0 spiro atoms. The number of rotatable bonds is 6. The number of carboxylic acid groups (broad SMARTS) is 1. The summed E-state index contributed by atoms with van der Waals surface area (Å²) in [4.78, 5) is 29.4. The standard InChI is InChI=1S/C22H23N3O2S.CH2O2/c26-22(20-16-28-17-23-20)25-13-11-24(12-14-25)21(18-7-3-1-4-8-18)15-27-19-9-5-2-6-10-19;2-1-3/h1-10,16-17,21H,11-15H2;1H,(H,2,3). The molecule has 0 bridgehead atoms. The molecule has 1 N–H and O–H groups in total. The van der Waals surface area contributed by atoms with Crippen molar-refractivity contribution in [3.8, 4) is 5.75 Å². The van der Waals surface area contributed by atoms with Crippen molar-refractivity contribution < 1.29 is 19.4 Å². The highest BCUT2D eigenvalue weighted by Gasteiger charge is 2.28. The van der Waals surface area contributed by atoms with E-state index in [1.54, 1.807) is 5.51 Å². The summed E-state index contributed by atoms with van der Waals surface area (Å²) < 4.78 is 6.08. The largest absolute Gasteiger partial charge is 0.492 e. The molecule has 1 aliphatic rings. The number of aromatic nitrogens is 1. The molecule has 1 atom stereocenters. The minimum atomic E-state index is -0.250. The van der Waals surface area contributed by atoms with Gasteiger partial charge < -0.3 is 14.7 Å². The number of hydrogen-bond acceptors (Lipinski definition) is 6. The average molecular weight is 440 g/mol. The van der Waals surface area contributed by atoms with Crippen molar-refractivity contribution in [2.45, 2.75) is 6.04 Å². The molecule has 31 heavy (non-hydrogen) atoms. The summed E-state index contributed by atoms with van der Waals surface area (Å²) in [7, 11) is 0. The fraction of sp³-hybridized carbons (Fsp3) is 0.261. The predicted molar refractivity (Wildman–Crippen MR) is 119 cm³/mol. The second-order valence-electron chi connectivity index (χ2n) is 6.86. The molecule has 1 saturated heterocycles. The molecule has 8 heteroatoms. The lowest BCUT2D eigenvalue weighted by atomic mass is 10.0. The summed E-state index contributed by atoms with van der Waals surface area (Å²) in [5, 5.41) is 8.70. The van der Waals surface area contributed by atoms with Crippen LogP contribution in [0.25, 0.3) is 0 Å². The Hall–Kier alpha value is -3.23. The van der Waals surface area contributed by atoms with E-state index >= 15 is 0 Å².